The monoisotopic (exact) mass is 574 g/mol. The van der Waals surface area contributed by atoms with Crippen molar-refractivity contribution in [2.75, 3.05) is 43.3 Å². The molecular weight excluding hydrogens is 540 g/mol. The Kier molecular flexibility index (Phi) is 8.98. The van der Waals surface area contributed by atoms with Crippen LogP contribution in [0.3, 0.4) is 0 Å². The van der Waals surface area contributed by atoms with Gasteiger partial charge in [0.2, 0.25) is 5.91 Å². The molecule has 0 saturated carbocycles. The quantitative estimate of drug-likeness (QED) is 0.181. The Morgan fingerprint density at radius 2 is 1.51 bits per heavy atom. The van der Waals surface area contributed by atoms with Crippen LogP contribution in [-0.4, -0.2) is 50.4 Å². The van der Waals surface area contributed by atoms with Crippen molar-refractivity contribution >= 4 is 46.1 Å². The van der Waals surface area contributed by atoms with Gasteiger partial charge < -0.3 is 25.2 Å². The lowest BCUT2D eigenvalue weighted by Crippen LogP contribution is -2.30. The second-order valence-corrected chi connectivity index (χ2v) is 10.4. The zero-order valence-corrected chi connectivity index (χ0v) is 24.5. The molecule has 0 aromatic heterocycles. The number of benzene rings is 4. The van der Waals surface area contributed by atoms with Gasteiger partial charge in [-0.2, -0.15) is 0 Å². The number of anilines is 3. The minimum Gasteiger partial charge on any atom is -0.465 e. The van der Waals surface area contributed by atoms with Crippen LogP contribution in [-0.2, 0) is 20.9 Å². The van der Waals surface area contributed by atoms with Crippen molar-refractivity contribution in [3.63, 3.8) is 0 Å². The molecule has 1 heterocycles. The van der Waals surface area contributed by atoms with Crippen molar-refractivity contribution in [1.29, 1.82) is 0 Å². The van der Waals surface area contributed by atoms with E-state index in [0.29, 0.717) is 41.1 Å². The van der Waals surface area contributed by atoms with Crippen molar-refractivity contribution in [3.8, 4) is 0 Å². The minimum absolute atomic E-state index is 0.0262. The van der Waals surface area contributed by atoms with Gasteiger partial charge in [0.1, 0.15) is 0 Å². The highest BCUT2D eigenvalue weighted by atomic mass is 16.5. The van der Waals surface area contributed by atoms with Gasteiger partial charge in [-0.3, -0.25) is 9.59 Å². The number of nitrogens with zero attached hydrogens (tertiary/aromatic N) is 2. The number of methoxy groups -OCH3 is 1. The van der Waals surface area contributed by atoms with Gasteiger partial charge in [-0.1, -0.05) is 66.7 Å². The molecule has 0 bridgehead atoms. The zero-order valence-electron chi connectivity index (χ0n) is 24.5. The van der Waals surface area contributed by atoms with E-state index in [9.17, 15) is 14.4 Å². The number of rotatable bonds is 10. The predicted molar refractivity (Wildman–Crippen MR) is 171 cm³/mol. The molecule has 218 valence electrons. The van der Waals surface area contributed by atoms with E-state index in [-0.39, 0.29) is 11.8 Å². The van der Waals surface area contributed by atoms with Crippen molar-refractivity contribution in [2.24, 2.45) is 0 Å². The molecule has 0 radical (unpaired) electrons. The van der Waals surface area contributed by atoms with Crippen molar-refractivity contribution in [1.82, 2.24) is 4.90 Å². The Morgan fingerprint density at radius 1 is 0.837 bits per heavy atom. The fourth-order valence-corrected chi connectivity index (χ4v) is 5.03. The van der Waals surface area contributed by atoms with E-state index in [1.165, 1.54) is 12.7 Å². The van der Waals surface area contributed by atoms with Crippen LogP contribution in [0.15, 0.2) is 103 Å². The van der Waals surface area contributed by atoms with E-state index in [1.807, 2.05) is 79.8 Å². The lowest BCUT2D eigenvalue weighted by atomic mass is 9.99. The Balaban J connectivity index is 1.33. The summed E-state index contributed by atoms with van der Waals surface area (Å²) in [6.45, 7) is 1.43. The standard InChI is InChI=1S/C35H34N4O4/c1-38(23-24-10-6-4-7-11-24)21-20-31(40)39(2)28-17-15-27(16-18-28)36-33(25-12-8-5-9-13-25)32-29-19-14-26(35(42)43-3)22-30(29)37-34(32)41/h4-19,22,36H,20-21,23H2,1-3H3,(H,37,41). The molecule has 8 nitrogen and oxygen atoms in total. The molecule has 2 amide bonds. The summed E-state index contributed by atoms with van der Waals surface area (Å²) in [5.41, 5.74) is 6.24. The Labute approximate surface area is 251 Å². The van der Waals surface area contributed by atoms with Gasteiger partial charge in [0, 0.05) is 43.5 Å². The predicted octanol–water partition coefficient (Wildman–Crippen LogP) is 5.89. The summed E-state index contributed by atoms with van der Waals surface area (Å²) >= 11 is 0. The molecule has 8 heteroatoms. The maximum absolute atomic E-state index is 13.2. The van der Waals surface area contributed by atoms with Gasteiger partial charge in [-0.15, -0.1) is 0 Å². The number of ether oxygens (including phenoxy) is 1. The van der Waals surface area contributed by atoms with Crippen LogP contribution in [0.5, 0.6) is 0 Å². The summed E-state index contributed by atoms with van der Waals surface area (Å²) < 4.78 is 4.83. The van der Waals surface area contributed by atoms with Gasteiger partial charge in [-0.05, 0) is 54.6 Å². The second kappa shape index (κ2) is 13.2. The van der Waals surface area contributed by atoms with Crippen molar-refractivity contribution in [2.45, 2.75) is 13.0 Å². The third-order valence-corrected chi connectivity index (χ3v) is 7.40. The van der Waals surface area contributed by atoms with E-state index in [1.54, 1.807) is 30.1 Å². The van der Waals surface area contributed by atoms with Crippen molar-refractivity contribution in [3.05, 3.63) is 125 Å². The first-order valence-corrected chi connectivity index (χ1v) is 14.0. The highest BCUT2D eigenvalue weighted by molar-refractivity contribution is 6.37. The van der Waals surface area contributed by atoms with E-state index in [4.69, 9.17) is 4.74 Å². The molecule has 0 unspecified atom stereocenters. The van der Waals surface area contributed by atoms with Crippen LogP contribution in [0, 0.1) is 0 Å². The number of hydrogen-bond donors (Lipinski definition) is 2. The molecule has 0 spiro atoms. The van der Waals surface area contributed by atoms with Crippen LogP contribution < -0.4 is 15.5 Å². The maximum Gasteiger partial charge on any atom is 0.337 e. The minimum atomic E-state index is -0.473. The van der Waals surface area contributed by atoms with Crippen molar-refractivity contribution < 1.29 is 19.1 Å². The molecule has 5 rings (SSSR count). The fourth-order valence-electron chi connectivity index (χ4n) is 5.03. The van der Waals surface area contributed by atoms with E-state index in [2.05, 4.69) is 27.7 Å². The average molecular weight is 575 g/mol. The molecule has 4 aromatic rings. The first kappa shape index (κ1) is 29.3. The number of fused-ring (bicyclic) bond motifs is 1. The van der Waals surface area contributed by atoms with Crippen LogP contribution in [0.4, 0.5) is 17.1 Å². The number of amides is 2. The molecule has 43 heavy (non-hydrogen) atoms. The summed E-state index contributed by atoms with van der Waals surface area (Å²) in [5.74, 6) is -0.723. The lowest BCUT2D eigenvalue weighted by molar-refractivity contribution is -0.118. The summed E-state index contributed by atoms with van der Waals surface area (Å²) in [5, 5.41) is 6.31. The second-order valence-electron chi connectivity index (χ2n) is 10.4. The van der Waals surface area contributed by atoms with Gasteiger partial charge in [0.05, 0.1) is 29.6 Å². The molecule has 2 N–H and O–H groups in total. The molecule has 0 aliphatic carbocycles. The normalized spacial score (nSPS) is 13.3. The first-order valence-electron chi connectivity index (χ1n) is 14.0. The third-order valence-electron chi connectivity index (χ3n) is 7.40. The molecular formula is C35H34N4O4. The number of esters is 1. The third kappa shape index (κ3) is 6.82. The molecule has 0 atom stereocenters. The van der Waals surface area contributed by atoms with Crippen LogP contribution in [0.25, 0.3) is 11.3 Å². The summed E-state index contributed by atoms with van der Waals surface area (Å²) in [6.07, 6.45) is 0.399. The lowest BCUT2D eigenvalue weighted by Gasteiger charge is -2.21. The van der Waals surface area contributed by atoms with Gasteiger partial charge >= 0.3 is 5.97 Å². The number of hydrogen-bond acceptors (Lipinski definition) is 6. The highest BCUT2D eigenvalue weighted by Gasteiger charge is 2.29. The summed E-state index contributed by atoms with van der Waals surface area (Å²) in [4.78, 5) is 42.0. The fraction of sp³-hybridized carbons (Fsp3) is 0.171. The molecule has 1 aliphatic rings. The Morgan fingerprint density at radius 3 is 2.19 bits per heavy atom. The van der Waals surface area contributed by atoms with E-state index < -0.39 is 5.97 Å². The topological polar surface area (TPSA) is 91.0 Å². The molecule has 0 saturated heterocycles. The van der Waals surface area contributed by atoms with E-state index >= 15 is 0 Å². The van der Waals surface area contributed by atoms with Crippen LogP contribution >= 0.6 is 0 Å². The summed E-state index contributed by atoms with van der Waals surface area (Å²) in [7, 11) is 5.12. The number of nitrogens with one attached hydrogen (secondary N) is 2. The smallest absolute Gasteiger partial charge is 0.337 e. The van der Waals surface area contributed by atoms with E-state index in [0.717, 1.165) is 23.5 Å². The molecule has 0 fully saturated rings. The first-order chi connectivity index (χ1) is 20.8. The van der Waals surface area contributed by atoms with Gasteiger partial charge in [0.25, 0.3) is 5.91 Å². The van der Waals surface area contributed by atoms with Gasteiger partial charge in [-0.25, -0.2) is 4.79 Å². The number of carbonyl (C=O) groups excluding carboxylic acids is 3. The molecule has 1 aliphatic heterocycles. The average Bonchev–Trinajstić information content (AvgIpc) is 3.37. The van der Waals surface area contributed by atoms with Crippen LogP contribution in [0.1, 0.15) is 33.5 Å². The Bertz CT molecular complexity index is 1650. The van der Waals surface area contributed by atoms with Crippen LogP contribution in [0.2, 0.25) is 0 Å². The largest absolute Gasteiger partial charge is 0.465 e. The Hall–Kier alpha value is -5.21. The SMILES string of the molecule is COC(=O)c1ccc2c(c1)NC(=O)C2=C(Nc1ccc(N(C)C(=O)CCN(C)Cc2ccccc2)cc1)c1ccccc1. The summed E-state index contributed by atoms with van der Waals surface area (Å²) in [6, 6.07) is 32.3. The van der Waals surface area contributed by atoms with Gasteiger partial charge in [0.15, 0.2) is 0 Å². The molecule has 4 aromatic carbocycles. The number of carbonyl (C=O) groups is 3. The highest BCUT2D eigenvalue weighted by Crippen LogP contribution is 2.38. The zero-order chi connectivity index (χ0) is 30.3. The maximum atomic E-state index is 13.2.